The molecule has 0 bridgehead atoms. The summed E-state index contributed by atoms with van der Waals surface area (Å²) in [6.07, 6.45) is 8.34. The second-order valence-corrected chi connectivity index (χ2v) is 6.74. The molecular formula is C12H21N3O2S. The molecular weight excluding hydrogens is 250 g/mol. The fourth-order valence-electron chi connectivity index (χ4n) is 2.66. The van der Waals surface area contributed by atoms with Crippen LogP contribution in [0.3, 0.4) is 0 Å². The van der Waals surface area contributed by atoms with Gasteiger partial charge in [0.15, 0.2) is 0 Å². The molecule has 0 aliphatic heterocycles. The van der Waals surface area contributed by atoms with Crippen LogP contribution in [0.1, 0.15) is 39.0 Å². The highest BCUT2D eigenvalue weighted by molar-refractivity contribution is 7.89. The molecule has 1 fully saturated rings. The first-order valence-electron chi connectivity index (χ1n) is 6.54. The molecule has 0 amide bonds. The van der Waals surface area contributed by atoms with Crippen LogP contribution in [-0.2, 0) is 17.1 Å². The molecule has 1 aromatic rings. The first-order chi connectivity index (χ1) is 8.53. The lowest BCUT2D eigenvalue weighted by Gasteiger charge is -2.31. The molecule has 6 heteroatoms. The minimum Gasteiger partial charge on any atom is -0.274 e. The van der Waals surface area contributed by atoms with Crippen molar-refractivity contribution in [1.29, 1.82) is 0 Å². The molecule has 1 aliphatic rings. The summed E-state index contributed by atoms with van der Waals surface area (Å²) in [6.45, 7) is 2.13. The van der Waals surface area contributed by atoms with Crippen molar-refractivity contribution in [2.24, 2.45) is 13.0 Å². The summed E-state index contributed by atoms with van der Waals surface area (Å²) in [7, 11) is -1.70. The Labute approximate surface area is 109 Å². The van der Waals surface area contributed by atoms with E-state index in [1.807, 2.05) is 0 Å². The van der Waals surface area contributed by atoms with E-state index in [0.29, 0.717) is 5.92 Å². The molecule has 0 unspecified atom stereocenters. The Kier molecular flexibility index (Phi) is 4.07. The minimum absolute atomic E-state index is 0.0777. The monoisotopic (exact) mass is 271 g/mol. The molecule has 0 radical (unpaired) electrons. The molecule has 102 valence electrons. The number of nitrogens with one attached hydrogen (secondary N) is 1. The number of aryl methyl sites for hydroxylation is 1. The van der Waals surface area contributed by atoms with E-state index in [9.17, 15) is 8.42 Å². The molecule has 1 aromatic heterocycles. The van der Waals surface area contributed by atoms with E-state index in [1.165, 1.54) is 23.5 Å². The number of nitrogens with zero attached hydrogens (tertiary/aromatic N) is 2. The Morgan fingerprint density at radius 3 is 2.78 bits per heavy atom. The van der Waals surface area contributed by atoms with Gasteiger partial charge in [-0.1, -0.05) is 26.2 Å². The van der Waals surface area contributed by atoms with E-state index in [0.717, 1.165) is 25.7 Å². The molecule has 18 heavy (non-hydrogen) atoms. The predicted octanol–water partition coefficient (Wildman–Crippen LogP) is 1.67. The van der Waals surface area contributed by atoms with E-state index < -0.39 is 10.0 Å². The first-order valence-corrected chi connectivity index (χ1v) is 8.02. The summed E-state index contributed by atoms with van der Waals surface area (Å²) >= 11 is 0. The molecule has 2 atom stereocenters. The smallest absolute Gasteiger partial charge is 0.243 e. The van der Waals surface area contributed by atoms with Gasteiger partial charge in [0.05, 0.1) is 6.20 Å². The quantitative estimate of drug-likeness (QED) is 0.906. The first kappa shape index (κ1) is 13.5. The molecule has 1 N–H and O–H groups in total. The Morgan fingerprint density at radius 1 is 1.44 bits per heavy atom. The van der Waals surface area contributed by atoms with Gasteiger partial charge in [-0.2, -0.15) is 5.10 Å². The number of hydrogen-bond acceptors (Lipinski definition) is 3. The van der Waals surface area contributed by atoms with Crippen LogP contribution in [0.4, 0.5) is 0 Å². The van der Waals surface area contributed by atoms with Gasteiger partial charge in [0.25, 0.3) is 0 Å². The average molecular weight is 271 g/mol. The fourth-order valence-corrected chi connectivity index (χ4v) is 3.98. The third kappa shape index (κ3) is 2.92. The van der Waals surface area contributed by atoms with Crippen molar-refractivity contribution >= 4 is 10.0 Å². The van der Waals surface area contributed by atoms with Crippen LogP contribution < -0.4 is 4.72 Å². The van der Waals surface area contributed by atoms with Gasteiger partial charge in [-0.05, 0) is 18.8 Å². The SMILES string of the molecule is CC[C@@H]1CCCC[C@H]1NS(=O)(=O)c1cnn(C)c1. The highest BCUT2D eigenvalue weighted by atomic mass is 32.2. The largest absolute Gasteiger partial charge is 0.274 e. The van der Waals surface area contributed by atoms with Crippen molar-refractivity contribution in [2.75, 3.05) is 0 Å². The Balaban J connectivity index is 2.12. The number of hydrogen-bond donors (Lipinski definition) is 1. The topological polar surface area (TPSA) is 64.0 Å². The van der Waals surface area contributed by atoms with Gasteiger partial charge in [-0.25, -0.2) is 13.1 Å². The normalized spacial score (nSPS) is 25.2. The number of aromatic nitrogens is 2. The Hall–Kier alpha value is -0.880. The molecule has 0 aromatic carbocycles. The van der Waals surface area contributed by atoms with Gasteiger partial charge in [-0.15, -0.1) is 0 Å². The highest BCUT2D eigenvalue weighted by Gasteiger charge is 2.28. The van der Waals surface area contributed by atoms with E-state index in [1.54, 1.807) is 7.05 Å². The van der Waals surface area contributed by atoms with Crippen molar-refractivity contribution in [3.8, 4) is 0 Å². The maximum atomic E-state index is 12.2. The van der Waals surface area contributed by atoms with Crippen molar-refractivity contribution < 1.29 is 8.42 Å². The van der Waals surface area contributed by atoms with Crippen LogP contribution >= 0.6 is 0 Å². The van der Waals surface area contributed by atoms with Crippen molar-refractivity contribution in [2.45, 2.75) is 50.0 Å². The molecule has 2 rings (SSSR count). The van der Waals surface area contributed by atoms with Crippen molar-refractivity contribution in [3.05, 3.63) is 12.4 Å². The molecule has 0 spiro atoms. The molecule has 5 nitrogen and oxygen atoms in total. The van der Waals surface area contributed by atoms with E-state index in [4.69, 9.17) is 0 Å². The van der Waals surface area contributed by atoms with Gasteiger partial charge in [0.2, 0.25) is 10.0 Å². The van der Waals surface area contributed by atoms with Crippen molar-refractivity contribution in [1.82, 2.24) is 14.5 Å². The molecule has 1 aliphatic carbocycles. The lowest BCUT2D eigenvalue weighted by Crippen LogP contribution is -2.41. The highest BCUT2D eigenvalue weighted by Crippen LogP contribution is 2.27. The third-order valence-corrected chi connectivity index (χ3v) is 5.18. The molecule has 1 saturated carbocycles. The van der Waals surface area contributed by atoms with Crippen LogP contribution in [0.5, 0.6) is 0 Å². The standard InChI is InChI=1S/C12H21N3O2S/c1-3-10-6-4-5-7-12(10)14-18(16,17)11-8-13-15(2)9-11/h8-10,12,14H,3-7H2,1-2H3/t10-,12-/m1/s1. The van der Waals surface area contributed by atoms with Crippen LogP contribution in [0, 0.1) is 5.92 Å². The van der Waals surface area contributed by atoms with Gasteiger partial charge in [0.1, 0.15) is 4.90 Å². The zero-order valence-electron chi connectivity index (χ0n) is 11.0. The van der Waals surface area contributed by atoms with E-state index >= 15 is 0 Å². The third-order valence-electron chi connectivity index (χ3n) is 3.73. The zero-order chi connectivity index (χ0) is 13.2. The van der Waals surface area contributed by atoms with Gasteiger partial charge >= 0.3 is 0 Å². The zero-order valence-corrected chi connectivity index (χ0v) is 11.8. The predicted molar refractivity (Wildman–Crippen MR) is 69.6 cm³/mol. The Morgan fingerprint density at radius 2 is 2.17 bits per heavy atom. The summed E-state index contributed by atoms with van der Waals surface area (Å²) < 4.78 is 28.8. The van der Waals surface area contributed by atoms with Gasteiger partial charge < -0.3 is 0 Å². The number of sulfonamides is 1. The van der Waals surface area contributed by atoms with E-state index in [2.05, 4.69) is 16.7 Å². The van der Waals surface area contributed by atoms with Crippen LogP contribution in [-0.4, -0.2) is 24.2 Å². The summed E-state index contributed by atoms with van der Waals surface area (Å²) in [5.74, 6) is 0.463. The maximum absolute atomic E-state index is 12.2. The minimum atomic E-state index is -3.42. The van der Waals surface area contributed by atoms with Crippen LogP contribution in [0.25, 0.3) is 0 Å². The average Bonchev–Trinajstić information content (AvgIpc) is 2.77. The maximum Gasteiger partial charge on any atom is 0.243 e. The summed E-state index contributed by atoms with van der Waals surface area (Å²) in [5, 5.41) is 3.91. The second-order valence-electron chi connectivity index (χ2n) is 5.03. The Bertz CT molecular complexity index is 495. The number of rotatable bonds is 4. The lowest BCUT2D eigenvalue weighted by molar-refractivity contribution is 0.282. The van der Waals surface area contributed by atoms with Crippen LogP contribution in [0.15, 0.2) is 17.3 Å². The van der Waals surface area contributed by atoms with Gasteiger partial charge in [0, 0.05) is 19.3 Å². The van der Waals surface area contributed by atoms with Gasteiger partial charge in [-0.3, -0.25) is 4.68 Å². The van der Waals surface area contributed by atoms with Crippen molar-refractivity contribution in [3.63, 3.8) is 0 Å². The van der Waals surface area contributed by atoms with Crippen LogP contribution in [0.2, 0.25) is 0 Å². The lowest BCUT2D eigenvalue weighted by atomic mass is 9.83. The second kappa shape index (κ2) is 5.40. The fraction of sp³-hybridized carbons (Fsp3) is 0.750. The summed E-state index contributed by atoms with van der Waals surface area (Å²) in [4.78, 5) is 0.255. The summed E-state index contributed by atoms with van der Waals surface area (Å²) in [6, 6.07) is 0.0777. The molecule has 0 saturated heterocycles. The van der Waals surface area contributed by atoms with E-state index in [-0.39, 0.29) is 10.9 Å². The molecule has 1 heterocycles. The summed E-state index contributed by atoms with van der Waals surface area (Å²) in [5.41, 5.74) is 0.